The lowest BCUT2D eigenvalue weighted by atomic mass is 9.89. The van der Waals surface area contributed by atoms with Gasteiger partial charge in [0.15, 0.2) is 0 Å². The predicted molar refractivity (Wildman–Crippen MR) is 104 cm³/mol. The van der Waals surface area contributed by atoms with Crippen LogP contribution in [0.25, 0.3) is 11.1 Å². The first-order chi connectivity index (χ1) is 13.2. The summed E-state index contributed by atoms with van der Waals surface area (Å²) in [5.41, 5.74) is 8.47. The second kappa shape index (κ2) is 8.02. The van der Waals surface area contributed by atoms with Crippen LogP contribution >= 0.6 is 0 Å². The first-order valence-electron chi connectivity index (χ1n) is 9.93. The molecule has 2 N–H and O–H groups in total. The summed E-state index contributed by atoms with van der Waals surface area (Å²) in [5, 5.41) is 0. The highest BCUT2D eigenvalue weighted by molar-refractivity contribution is 6.02. The molecule has 0 spiro atoms. The lowest BCUT2D eigenvalue weighted by Crippen LogP contribution is -2.17. The molecule has 0 saturated heterocycles. The molecule has 1 fully saturated rings. The number of nitrogens with two attached hydrogens (primary N) is 1. The summed E-state index contributed by atoms with van der Waals surface area (Å²) in [6.45, 7) is 4.72. The summed E-state index contributed by atoms with van der Waals surface area (Å²) in [6.07, 6.45) is 2.34. The number of rotatable bonds is 5. The van der Waals surface area contributed by atoms with Gasteiger partial charge < -0.3 is 10.3 Å². The summed E-state index contributed by atoms with van der Waals surface area (Å²) >= 11 is 0. The van der Waals surface area contributed by atoms with Crippen molar-refractivity contribution in [3.8, 4) is 11.1 Å². The third-order valence-corrected chi connectivity index (χ3v) is 5.88. The number of nitrogens with zero attached hydrogens (tertiary/aromatic N) is 1. The maximum Gasteiger partial charge on any atom is 0.416 e. The van der Waals surface area contributed by atoms with Crippen LogP contribution in [0.5, 0.6) is 0 Å². The van der Waals surface area contributed by atoms with Gasteiger partial charge in [0.05, 0.1) is 11.1 Å². The van der Waals surface area contributed by atoms with Crippen LogP contribution in [0.4, 0.5) is 13.2 Å². The summed E-state index contributed by atoms with van der Waals surface area (Å²) in [4.78, 5) is 12.2. The van der Waals surface area contributed by atoms with Gasteiger partial charge in [0.1, 0.15) is 0 Å². The fourth-order valence-electron chi connectivity index (χ4n) is 4.48. The van der Waals surface area contributed by atoms with E-state index in [4.69, 9.17) is 5.73 Å². The highest BCUT2D eigenvalue weighted by Crippen LogP contribution is 2.37. The van der Waals surface area contributed by atoms with Gasteiger partial charge in [-0.25, -0.2) is 0 Å². The van der Waals surface area contributed by atoms with Crippen molar-refractivity contribution in [3.63, 3.8) is 0 Å². The zero-order chi connectivity index (χ0) is 20.5. The molecule has 152 valence electrons. The van der Waals surface area contributed by atoms with E-state index < -0.39 is 17.6 Å². The molecule has 1 aromatic heterocycles. The standard InChI is InChI=1S/C22H27F3N2O/c1-3-18-20(16-9-11-17(12-10-16)22(23,24)25)19(21(26)28)14(2)27(18)13-15-7-5-4-6-8-15/h9-12,15H,3-8,13H2,1-2H3,(H2,26,28). The minimum Gasteiger partial charge on any atom is -0.366 e. The van der Waals surface area contributed by atoms with E-state index in [1.54, 1.807) is 0 Å². The van der Waals surface area contributed by atoms with E-state index >= 15 is 0 Å². The summed E-state index contributed by atoms with van der Waals surface area (Å²) in [6, 6.07) is 5.00. The van der Waals surface area contributed by atoms with Gasteiger partial charge in [0, 0.05) is 23.5 Å². The zero-order valence-electron chi connectivity index (χ0n) is 16.4. The molecule has 3 nitrogen and oxygen atoms in total. The van der Waals surface area contributed by atoms with Crippen LogP contribution in [0.1, 0.15) is 66.3 Å². The second-order valence-electron chi connectivity index (χ2n) is 7.69. The van der Waals surface area contributed by atoms with Crippen LogP contribution in [0, 0.1) is 12.8 Å². The van der Waals surface area contributed by atoms with E-state index in [9.17, 15) is 18.0 Å². The molecule has 1 heterocycles. The minimum absolute atomic E-state index is 0.424. The quantitative estimate of drug-likeness (QED) is 0.695. The van der Waals surface area contributed by atoms with Crippen LogP contribution in [0.15, 0.2) is 24.3 Å². The maximum atomic E-state index is 12.9. The molecular weight excluding hydrogens is 365 g/mol. The normalized spacial score (nSPS) is 15.8. The minimum atomic E-state index is -4.39. The molecule has 0 unspecified atom stereocenters. The van der Waals surface area contributed by atoms with E-state index in [2.05, 4.69) is 4.57 Å². The van der Waals surface area contributed by atoms with Crippen molar-refractivity contribution in [2.75, 3.05) is 0 Å². The van der Waals surface area contributed by atoms with Crippen molar-refractivity contribution >= 4 is 5.91 Å². The number of carbonyl (C=O) groups is 1. The van der Waals surface area contributed by atoms with Gasteiger partial charge in [0.2, 0.25) is 0 Å². The van der Waals surface area contributed by atoms with Gasteiger partial charge in [-0.15, -0.1) is 0 Å². The molecule has 0 radical (unpaired) electrons. The number of benzene rings is 1. The Labute approximate surface area is 163 Å². The van der Waals surface area contributed by atoms with E-state index in [-0.39, 0.29) is 0 Å². The van der Waals surface area contributed by atoms with Crippen molar-refractivity contribution in [1.82, 2.24) is 4.57 Å². The predicted octanol–water partition coefficient (Wildman–Crippen LogP) is 5.72. The van der Waals surface area contributed by atoms with Crippen LogP contribution in [0.2, 0.25) is 0 Å². The van der Waals surface area contributed by atoms with Crippen LogP contribution in [0.3, 0.4) is 0 Å². The molecule has 1 aromatic carbocycles. The Kier molecular flexibility index (Phi) is 5.87. The third kappa shape index (κ3) is 3.96. The Bertz CT molecular complexity index is 844. The molecule has 0 atom stereocenters. The topological polar surface area (TPSA) is 48.0 Å². The Balaban J connectivity index is 2.08. The molecular formula is C22H27F3N2O. The third-order valence-electron chi connectivity index (χ3n) is 5.88. The molecule has 28 heavy (non-hydrogen) atoms. The number of aromatic nitrogens is 1. The molecule has 0 bridgehead atoms. The highest BCUT2D eigenvalue weighted by Gasteiger charge is 2.31. The van der Waals surface area contributed by atoms with E-state index in [0.717, 1.165) is 30.1 Å². The number of hydrogen-bond acceptors (Lipinski definition) is 1. The summed E-state index contributed by atoms with van der Waals surface area (Å²) < 4.78 is 40.9. The van der Waals surface area contributed by atoms with Crippen molar-refractivity contribution in [3.05, 3.63) is 46.8 Å². The Morgan fingerprint density at radius 2 is 1.75 bits per heavy atom. The average Bonchev–Trinajstić information content (AvgIpc) is 2.94. The maximum absolute atomic E-state index is 12.9. The fraction of sp³-hybridized carbons (Fsp3) is 0.500. The Hall–Kier alpha value is -2.24. The van der Waals surface area contributed by atoms with Crippen molar-refractivity contribution in [2.45, 2.75) is 65.1 Å². The van der Waals surface area contributed by atoms with E-state index in [0.29, 0.717) is 29.0 Å². The van der Waals surface area contributed by atoms with Gasteiger partial charge in [-0.2, -0.15) is 13.2 Å². The average molecular weight is 392 g/mol. The largest absolute Gasteiger partial charge is 0.416 e. The van der Waals surface area contributed by atoms with Crippen molar-refractivity contribution in [2.24, 2.45) is 11.7 Å². The summed E-state index contributed by atoms with van der Waals surface area (Å²) in [7, 11) is 0. The molecule has 1 aliphatic rings. The van der Waals surface area contributed by atoms with E-state index in [1.807, 2.05) is 13.8 Å². The van der Waals surface area contributed by atoms with Crippen molar-refractivity contribution in [1.29, 1.82) is 0 Å². The van der Waals surface area contributed by atoms with Gasteiger partial charge in [-0.3, -0.25) is 4.79 Å². The smallest absolute Gasteiger partial charge is 0.366 e. The lowest BCUT2D eigenvalue weighted by molar-refractivity contribution is -0.137. The molecule has 0 aliphatic heterocycles. The number of carbonyl (C=O) groups excluding carboxylic acids is 1. The Morgan fingerprint density at radius 1 is 1.14 bits per heavy atom. The fourth-order valence-corrected chi connectivity index (χ4v) is 4.48. The number of hydrogen-bond donors (Lipinski definition) is 1. The molecule has 1 amide bonds. The number of primary amides is 1. The van der Waals surface area contributed by atoms with Gasteiger partial charge in [-0.1, -0.05) is 38.3 Å². The van der Waals surface area contributed by atoms with Crippen LogP contribution in [-0.4, -0.2) is 10.5 Å². The number of amides is 1. The monoisotopic (exact) mass is 392 g/mol. The van der Waals surface area contributed by atoms with Gasteiger partial charge in [0.25, 0.3) is 5.91 Å². The molecule has 3 rings (SSSR count). The number of halogens is 3. The summed E-state index contributed by atoms with van der Waals surface area (Å²) in [5.74, 6) is 0.0239. The van der Waals surface area contributed by atoms with Gasteiger partial charge in [-0.05, 0) is 49.8 Å². The molecule has 1 saturated carbocycles. The number of alkyl halides is 3. The SMILES string of the molecule is CCc1c(-c2ccc(C(F)(F)F)cc2)c(C(N)=O)c(C)n1CC1CCCCC1. The Morgan fingerprint density at radius 3 is 2.25 bits per heavy atom. The highest BCUT2D eigenvalue weighted by atomic mass is 19.4. The first-order valence-corrected chi connectivity index (χ1v) is 9.93. The lowest BCUT2D eigenvalue weighted by Gasteiger charge is -2.24. The van der Waals surface area contributed by atoms with Crippen LogP contribution in [-0.2, 0) is 19.1 Å². The molecule has 6 heteroatoms. The van der Waals surface area contributed by atoms with E-state index in [1.165, 1.54) is 44.2 Å². The van der Waals surface area contributed by atoms with Gasteiger partial charge >= 0.3 is 6.18 Å². The van der Waals surface area contributed by atoms with Crippen molar-refractivity contribution < 1.29 is 18.0 Å². The second-order valence-corrected chi connectivity index (χ2v) is 7.69. The first kappa shape index (κ1) is 20.5. The molecule has 2 aromatic rings. The zero-order valence-corrected chi connectivity index (χ0v) is 16.4. The molecule has 1 aliphatic carbocycles. The van der Waals surface area contributed by atoms with Crippen LogP contribution < -0.4 is 5.73 Å².